The predicted octanol–water partition coefficient (Wildman–Crippen LogP) is 4.35. The fourth-order valence-corrected chi connectivity index (χ4v) is 1.54. The van der Waals surface area contributed by atoms with E-state index in [1.54, 1.807) is 6.20 Å². The summed E-state index contributed by atoms with van der Waals surface area (Å²) in [6.07, 6.45) is 1.72. The van der Waals surface area contributed by atoms with E-state index < -0.39 is 0 Å². The van der Waals surface area contributed by atoms with Crippen LogP contribution in [0.3, 0.4) is 0 Å². The average Bonchev–Trinajstić information content (AvgIpc) is 2.64. The molecule has 0 saturated heterocycles. The zero-order valence-electron chi connectivity index (χ0n) is 14.5. The Hall–Kier alpha value is -2.75. The smallest absolute Gasteiger partial charge is 0.153 e. The van der Waals surface area contributed by atoms with Gasteiger partial charge < -0.3 is 5.73 Å². The van der Waals surface area contributed by atoms with Crippen LogP contribution in [0.15, 0.2) is 72.0 Å². The minimum Gasteiger partial charge on any atom is -0.382 e. The number of hydrogen-bond acceptors (Lipinski definition) is 3. The highest BCUT2D eigenvalue weighted by Crippen LogP contribution is 2.03. The van der Waals surface area contributed by atoms with E-state index in [0.717, 1.165) is 17.0 Å². The lowest BCUT2D eigenvalue weighted by molar-refractivity contribution is 1.18. The fraction of sp³-hybridized carbons (Fsp3) is 0.211. The largest absolute Gasteiger partial charge is 0.382 e. The molecule has 2 aromatic rings. The van der Waals surface area contributed by atoms with Crippen LogP contribution in [0.5, 0.6) is 0 Å². The van der Waals surface area contributed by atoms with Gasteiger partial charge in [0.05, 0.1) is 11.4 Å². The normalized spacial score (nSPS) is 10.8. The monoisotopic (exact) mass is 310 g/mol. The van der Waals surface area contributed by atoms with Gasteiger partial charge in [-0.3, -0.25) is 4.98 Å². The topological polar surface area (TPSA) is 63.6 Å². The van der Waals surface area contributed by atoms with Crippen molar-refractivity contribution in [3.05, 3.63) is 78.6 Å². The van der Waals surface area contributed by atoms with Crippen molar-refractivity contribution in [2.75, 3.05) is 0 Å². The second kappa shape index (κ2) is 11.9. The van der Waals surface area contributed by atoms with Gasteiger partial charge in [0, 0.05) is 11.8 Å². The number of nitrogens with two attached hydrogens (primary N) is 1. The zero-order chi connectivity index (χ0) is 17.7. The van der Waals surface area contributed by atoms with Crippen molar-refractivity contribution in [1.29, 1.82) is 0 Å². The number of aromatic nitrogens is 1. The fourth-order valence-electron chi connectivity index (χ4n) is 1.54. The Bertz CT molecular complexity index is 614. The Morgan fingerprint density at radius 3 is 2.13 bits per heavy atom. The number of nitrogens with zero attached hydrogens (tertiary/aromatic N) is 3. The van der Waals surface area contributed by atoms with Crippen LogP contribution in [-0.4, -0.2) is 16.5 Å². The lowest BCUT2D eigenvalue weighted by atomic mass is 10.1. The van der Waals surface area contributed by atoms with Crippen molar-refractivity contribution in [1.82, 2.24) is 4.98 Å². The van der Waals surface area contributed by atoms with Crippen LogP contribution in [-0.2, 0) is 0 Å². The van der Waals surface area contributed by atoms with Gasteiger partial charge in [0.15, 0.2) is 5.84 Å². The Morgan fingerprint density at radius 2 is 1.61 bits per heavy atom. The van der Waals surface area contributed by atoms with Gasteiger partial charge in [0.1, 0.15) is 0 Å². The number of benzene rings is 1. The molecule has 0 spiro atoms. The standard InChI is InChI=1S/C15H16N4.C2H6.C2H4/c1-11-6-8-13(9-7-11)15(16)19-18-12(2)14-5-3-4-10-17-14;2*1-2/h3-10H,1-2H3,(H2,16,19);1-2H3;1-2H2/b18-12+;;. The molecule has 0 aliphatic heterocycles. The Balaban J connectivity index is 0.00000112. The third kappa shape index (κ3) is 7.18. The van der Waals surface area contributed by atoms with Crippen LogP contribution in [0.2, 0.25) is 0 Å². The summed E-state index contributed by atoms with van der Waals surface area (Å²) < 4.78 is 0. The second-order valence-corrected chi connectivity index (χ2v) is 4.25. The molecule has 1 aromatic carbocycles. The molecule has 1 heterocycles. The maximum Gasteiger partial charge on any atom is 0.153 e. The van der Waals surface area contributed by atoms with Crippen molar-refractivity contribution >= 4 is 11.5 Å². The molecular formula is C19H26N4. The van der Waals surface area contributed by atoms with Crippen molar-refractivity contribution in [2.24, 2.45) is 15.9 Å². The van der Waals surface area contributed by atoms with Gasteiger partial charge in [-0.15, -0.1) is 18.3 Å². The van der Waals surface area contributed by atoms with Gasteiger partial charge in [0.25, 0.3) is 0 Å². The van der Waals surface area contributed by atoms with Crippen molar-refractivity contribution < 1.29 is 0 Å². The Kier molecular flexibility index (Phi) is 10.4. The molecule has 23 heavy (non-hydrogen) atoms. The summed E-state index contributed by atoms with van der Waals surface area (Å²) in [6, 6.07) is 13.5. The summed E-state index contributed by atoms with van der Waals surface area (Å²) in [4.78, 5) is 4.20. The quantitative estimate of drug-likeness (QED) is 0.396. The molecule has 0 saturated carbocycles. The SMILES string of the molecule is C/C(=N\N=C(/N)c1ccc(C)cc1)c1ccccn1.C=C.CC. The van der Waals surface area contributed by atoms with Crippen LogP contribution in [0.4, 0.5) is 0 Å². The van der Waals surface area contributed by atoms with E-state index in [4.69, 9.17) is 5.73 Å². The van der Waals surface area contributed by atoms with Crippen molar-refractivity contribution in [3.8, 4) is 0 Å². The summed E-state index contributed by atoms with van der Waals surface area (Å²) in [5.74, 6) is 0.398. The summed E-state index contributed by atoms with van der Waals surface area (Å²) in [7, 11) is 0. The van der Waals surface area contributed by atoms with Gasteiger partial charge >= 0.3 is 0 Å². The van der Waals surface area contributed by atoms with Gasteiger partial charge in [-0.1, -0.05) is 49.7 Å². The highest BCUT2D eigenvalue weighted by Gasteiger charge is 1.99. The molecule has 4 heteroatoms. The number of pyridine rings is 1. The third-order valence-corrected chi connectivity index (χ3v) is 2.69. The zero-order valence-corrected chi connectivity index (χ0v) is 14.5. The average molecular weight is 310 g/mol. The highest BCUT2D eigenvalue weighted by molar-refractivity contribution is 6.00. The molecule has 4 nitrogen and oxygen atoms in total. The highest BCUT2D eigenvalue weighted by atomic mass is 15.2. The first-order valence-corrected chi connectivity index (χ1v) is 7.53. The first-order chi connectivity index (χ1) is 11.2. The molecule has 2 rings (SSSR count). The molecule has 2 N–H and O–H groups in total. The van der Waals surface area contributed by atoms with Crippen LogP contribution in [0, 0.1) is 6.92 Å². The van der Waals surface area contributed by atoms with Gasteiger partial charge in [-0.25, -0.2) is 0 Å². The van der Waals surface area contributed by atoms with Gasteiger partial charge in [-0.2, -0.15) is 5.10 Å². The maximum atomic E-state index is 5.89. The van der Waals surface area contributed by atoms with Crippen LogP contribution in [0.25, 0.3) is 0 Å². The molecule has 0 atom stereocenters. The van der Waals surface area contributed by atoms with E-state index in [9.17, 15) is 0 Å². The molecule has 1 aromatic heterocycles. The van der Waals surface area contributed by atoms with Crippen molar-refractivity contribution in [3.63, 3.8) is 0 Å². The van der Waals surface area contributed by atoms with E-state index >= 15 is 0 Å². The van der Waals surface area contributed by atoms with Gasteiger partial charge in [-0.05, 0) is 26.0 Å². The van der Waals surface area contributed by atoms with E-state index in [1.165, 1.54) is 5.56 Å². The summed E-state index contributed by atoms with van der Waals surface area (Å²) in [5, 5.41) is 8.15. The minimum atomic E-state index is 0.398. The molecule has 0 radical (unpaired) electrons. The number of rotatable bonds is 3. The van der Waals surface area contributed by atoms with E-state index in [-0.39, 0.29) is 0 Å². The summed E-state index contributed by atoms with van der Waals surface area (Å²) in [5.41, 5.74) is 9.47. The number of hydrogen-bond donors (Lipinski definition) is 1. The van der Waals surface area contributed by atoms with Crippen LogP contribution < -0.4 is 5.73 Å². The van der Waals surface area contributed by atoms with E-state index in [2.05, 4.69) is 28.3 Å². The first kappa shape index (κ1) is 20.2. The maximum absolute atomic E-state index is 5.89. The molecule has 0 bridgehead atoms. The molecule has 0 amide bonds. The predicted molar refractivity (Wildman–Crippen MR) is 101 cm³/mol. The lowest BCUT2D eigenvalue weighted by Gasteiger charge is -2.00. The molecular weight excluding hydrogens is 284 g/mol. The van der Waals surface area contributed by atoms with E-state index in [0.29, 0.717) is 5.84 Å². The van der Waals surface area contributed by atoms with E-state index in [1.807, 2.05) is 70.2 Å². The molecule has 122 valence electrons. The Labute approximate surface area is 139 Å². The lowest BCUT2D eigenvalue weighted by Crippen LogP contribution is -2.13. The number of aryl methyl sites for hydroxylation is 1. The molecule has 0 aliphatic carbocycles. The Morgan fingerprint density at radius 1 is 1.00 bits per heavy atom. The van der Waals surface area contributed by atoms with Crippen molar-refractivity contribution in [2.45, 2.75) is 27.7 Å². The first-order valence-electron chi connectivity index (χ1n) is 7.53. The van der Waals surface area contributed by atoms with Crippen LogP contribution >= 0.6 is 0 Å². The molecule has 0 aliphatic rings. The molecule has 0 fully saturated rings. The van der Waals surface area contributed by atoms with Gasteiger partial charge in [0.2, 0.25) is 0 Å². The third-order valence-electron chi connectivity index (χ3n) is 2.69. The summed E-state index contributed by atoms with van der Waals surface area (Å²) in [6.45, 7) is 13.9. The minimum absolute atomic E-state index is 0.398. The number of amidine groups is 1. The van der Waals surface area contributed by atoms with Crippen LogP contribution in [0.1, 0.15) is 37.6 Å². The summed E-state index contributed by atoms with van der Waals surface area (Å²) >= 11 is 0. The second-order valence-electron chi connectivity index (χ2n) is 4.25. The molecule has 0 unspecified atom stereocenters.